The lowest BCUT2D eigenvalue weighted by Crippen LogP contribution is -2.17. The molecule has 1 rings (SSSR count). The molecule has 0 unspecified atom stereocenters. The van der Waals surface area contributed by atoms with E-state index < -0.39 is 12.0 Å². The lowest BCUT2D eigenvalue weighted by Gasteiger charge is -2.09. The molecule has 0 radical (unpaired) electrons. The van der Waals surface area contributed by atoms with Gasteiger partial charge in [0.1, 0.15) is 5.82 Å². The molecule has 80 valence electrons. The third-order valence-corrected chi connectivity index (χ3v) is 1.78. The summed E-state index contributed by atoms with van der Waals surface area (Å²) in [6.07, 6.45) is -3.97. The van der Waals surface area contributed by atoms with E-state index >= 15 is 0 Å². The maximum absolute atomic E-state index is 12.3. The molecule has 4 nitrogen and oxygen atoms in total. The van der Waals surface area contributed by atoms with Gasteiger partial charge in [-0.3, -0.25) is 0 Å². The van der Waals surface area contributed by atoms with E-state index in [1.165, 1.54) is 6.92 Å². The van der Waals surface area contributed by atoms with Crippen LogP contribution in [0.2, 0.25) is 0 Å². The summed E-state index contributed by atoms with van der Waals surface area (Å²) in [5.74, 6) is -0.700. The standard InChI is InChI=1S/C7H11F3N4/c1-5-12-13-6(7(8,9)10)14(5)4-2-3-11/h2-4,11H2,1H3. The highest BCUT2D eigenvalue weighted by molar-refractivity contribution is 4.97. The Bertz CT molecular complexity index is 304. The number of hydrogen-bond acceptors (Lipinski definition) is 3. The summed E-state index contributed by atoms with van der Waals surface area (Å²) in [5.41, 5.74) is 5.22. The Morgan fingerprint density at radius 3 is 2.50 bits per heavy atom. The molecule has 0 aliphatic heterocycles. The van der Waals surface area contributed by atoms with Crippen LogP contribution < -0.4 is 5.73 Å². The molecule has 2 N–H and O–H groups in total. The van der Waals surface area contributed by atoms with Gasteiger partial charge in [0, 0.05) is 6.54 Å². The Morgan fingerprint density at radius 1 is 1.36 bits per heavy atom. The van der Waals surface area contributed by atoms with Gasteiger partial charge in [-0.15, -0.1) is 10.2 Å². The highest BCUT2D eigenvalue weighted by atomic mass is 19.4. The zero-order valence-corrected chi connectivity index (χ0v) is 7.67. The number of aryl methyl sites for hydroxylation is 1. The van der Waals surface area contributed by atoms with Gasteiger partial charge in [-0.1, -0.05) is 0 Å². The molecule has 0 aliphatic rings. The van der Waals surface area contributed by atoms with Crippen LogP contribution in [0.15, 0.2) is 0 Å². The highest BCUT2D eigenvalue weighted by Gasteiger charge is 2.37. The molecule has 0 aliphatic carbocycles. The molecular weight excluding hydrogens is 197 g/mol. The third-order valence-electron chi connectivity index (χ3n) is 1.78. The largest absolute Gasteiger partial charge is 0.451 e. The molecule has 0 fully saturated rings. The first-order valence-electron chi connectivity index (χ1n) is 4.14. The second-order valence-corrected chi connectivity index (χ2v) is 2.86. The van der Waals surface area contributed by atoms with Crippen molar-refractivity contribution in [3.05, 3.63) is 11.6 Å². The second kappa shape index (κ2) is 3.95. The Kier molecular flexibility index (Phi) is 3.10. The van der Waals surface area contributed by atoms with E-state index in [2.05, 4.69) is 10.2 Å². The summed E-state index contributed by atoms with van der Waals surface area (Å²) >= 11 is 0. The van der Waals surface area contributed by atoms with Crippen molar-refractivity contribution in [3.8, 4) is 0 Å². The van der Waals surface area contributed by atoms with Crippen molar-refractivity contribution >= 4 is 0 Å². The molecule has 1 heterocycles. The predicted molar refractivity (Wildman–Crippen MR) is 43.4 cm³/mol. The molecule has 0 atom stereocenters. The lowest BCUT2D eigenvalue weighted by atomic mass is 10.4. The Morgan fingerprint density at radius 2 is 2.00 bits per heavy atom. The molecule has 1 aromatic rings. The number of hydrogen-bond donors (Lipinski definition) is 1. The molecule has 0 saturated carbocycles. The molecule has 0 spiro atoms. The van der Waals surface area contributed by atoms with Gasteiger partial charge in [-0.25, -0.2) is 0 Å². The van der Waals surface area contributed by atoms with E-state index in [0.29, 0.717) is 13.0 Å². The molecule has 0 bridgehead atoms. The van der Waals surface area contributed by atoms with E-state index in [9.17, 15) is 13.2 Å². The number of nitrogens with zero attached hydrogens (tertiary/aromatic N) is 3. The monoisotopic (exact) mass is 208 g/mol. The molecule has 0 amide bonds. The fourth-order valence-electron chi connectivity index (χ4n) is 1.11. The van der Waals surface area contributed by atoms with Crippen molar-refractivity contribution in [2.24, 2.45) is 5.73 Å². The lowest BCUT2D eigenvalue weighted by molar-refractivity contribution is -0.147. The molecule has 14 heavy (non-hydrogen) atoms. The van der Waals surface area contributed by atoms with Gasteiger partial charge in [0.25, 0.3) is 0 Å². The van der Waals surface area contributed by atoms with Crippen LogP contribution in [-0.2, 0) is 12.7 Å². The summed E-state index contributed by atoms with van der Waals surface area (Å²) in [7, 11) is 0. The van der Waals surface area contributed by atoms with Gasteiger partial charge in [0.05, 0.1) is 0 Å². The number of rotatable bonds is 3. The summed E-state index contributed by atoms with van der Waals surface area (Å²) in [4.78, 5) is 0. The molecule has 0 saturated heterocycles. The van der Waals surface area contributed by atoms with Gasteiger partial charge in [-0.2, -0.15) is 13.2 Å². The number of halogens is 3. The van der Waals surface area contributed by atoms with Crippen LogP contribution in [0.5, 0.6) is 0 Å². The second-order valence-electron chi connectivity index (χ2n) is 2.86. The minimum Gasteiger partial charge on any atom is -0.330 e. The first-order valence-corrected chi connectivity index (χ1v) is 4.14. The fourth-order valence-corrected chi connectivity index (χ4v) is 1.11. The molecular formula is C7H11F3N4. The van der Waals surface area contributed by atoms with Crippen molar-refractivity contribution in [2.45, 2.75) is 26.1 Å². The molecule has 7 heteroatoms. The van der Waals surface area contributed by atoms with Crippen molar-refractivity contribution in [1.82, 2.24) is 14.8 Å². The van der Waals surface area contributed by atoms with E-state index in [-0.39, 0.29) is 12.4 Å². The van der Waals surface area contributed by atoms with Crippen LogP contribution in [0.25, 0.3) is 0 Å². The van der Waals surface area contributed by atoms with E-state index in [1.54, 1.807) is 0 Å². The zero-order valence-electron chi connectivity index (χ0n) is 7.67. The molecule has 0 aromatic carbocycles. The van der Waals surface area contributed by atoms with Crippen molar-refractivity contribution in [1.29, 1.82) is 0 Å². The van der Waals surface area contributed by atoms with Crippen LogP contribution in [0.4, 0.5) is 13.2 Å². The van der Waals surface area contributed by atoms with Gasteiger partial charge in [-0.05, 0) is 19.9 Å². The summed E-state index contributed by atoms with van der Waals surface area (Å²) in [6.45, 7) is 2.03. The maximum Gasteiger partial charge on any atom is 0.451 e. The first-order chi connectivity index (χ1) is 6.46. The summed E-state index contributed by atoms with van der Waals surface area (Å²) < 4.78 is 38.0. The number of alkyl halides is 3. The highest BCUT2D eigenvalue weighted by Crippen LogP contribution is 2.27. The fraction of sp³-hybridized carbons (Fsp3) is 0.714. The van der Waals surface area contributed by atoms with Gasteiger partial charge < -0.3 is 10.3 Å². The van der Waals surface area contributed by atoms with Crippen LogP contribution in [-0.4, -0.2) is 21.3 Å². The minimum atomic E-state index is -4.45. The van der Waals surface area contributed by atoms with Gasteiger partial charge >= 0.3 is 6.18 Å². The van der Waals surface area contributed by atoms with Gasteiger partial charge in [0.15, 0.2) is 0 Å². The van der Waals surface area contributed by atoms with Crippen LogP contribution >= 0.6 is 0 Å². The first kappa shape index (κ1) is 11.0. The maximum atomic E-state index is 12.3. The van der Waals surface area contributed by atoms with E-state index in [0.717, 1.165) is 4.57 Å². The summed E-state index contributed by atoms with van der Waals surface area (Å²) in [5, 5.41) is 6.48. The minimum absolute atomic E-state index is 0.199. The normalized spacial score (nSPS) is 12.1. The van der Waals surface area contributed by atoms with Crippen molar-refractivity contribution < 1.29 is 13.2 Å². The smallest absolute Gasteiger partial charge is 0.330 e. The Hall–Kier alpha value is -1.11. The van der Waals surface area contributed by atoms with E-state index in [4.69, 9.17) is 5.73 Å². The number of aromatic nitrogens is 3. The molecule has 1 aromatic heterocycles. The van der Waals surface area contributed by atoms with Crippen LogP contribution in [0, 0.1) is 6.92 Å². The number of nitrogens with two attached hydrogens (primary N) is 1. The topological polar surface area (TPSA) is 56.7 Å². The van der Waals surface area contributed by atoms with Crippen molar-refractivity contribution in [3.63, 3.8) is 0 Å². The SMILES string of the molecule is Cc1nnc(C(F)(F)F)n1CCCN. The van der Waals surface area contributed by atoms with Gasteiger partial charge in [0.2, 0.25) is 5.82 Å². The van der Waals surface area contributed by atoms with Crippen LogP contribution in [0.3, 0.4) is 0 Å². The predicted octanol–water partition coefficient (Wildman–Crippen LogP) is 0.954. The summed E-state index contributed by atoms with van der Waals surface area (Å²) in [6, 6.07) is 0. The zero-order chi connectivity index (χ0) is 10.8. The third kappa shape index (κ3) is 2.22. The average Bonchev–Trinajstić information content (AvgIpc) is 2.42. The Balaban J connectivity index is 2.94. The van der Waals surface area contributed by atoms with E-state index in [1.807, 2.05) is 0 Å². The average molecular weight is 208 g/mol. The quantitative estimate of drug-likeness (QED) is 0.804. The Labute approximate surface area is 78.9 Å². The van der Waals surface area contributed by atoms with Crippen LogP contribution in [0.1, 0.15) is 18.1 Å². The van der Waals surface area contributed by atoms with Crippen molar-refractivity contribution in [2.75, 3.05) is 6.54 Å².